The Balaban J connectivity index is 2.72. The molecule has 0 unspecified atom stereocenters. The molecular formula is C18H27NO4. The third-order valence-corrected chi connectivity index (χ3v) is 3.48. The average molecular weight is 321 g/mol. The van der Waals surface area contributed by atoms with E-state index in [9.17, 15) is 9.59 Å². The summed E-state index contributed by atoms with van der Waals surface area (Å²) in [5, 5.41) is 0. The van der Waals surface area contributed by atoms with Gasteiger partial charge < -0.3 is 14.4 Å². The van der Waals surface area contributed by atoms with Crippen molar-refractivity contribution in [2.75, 3.05) is 20.3 Å². The quantitative estimate of drug-likeness (QED) is 0.690. The van der Waals surface area contributed by atoms with E-state index in [1.165, 1.54) is 12.0 Å². The van der Waals surface area contributed by atoms with Crippen LogP contribution in [-0.2, 0) is 9.53 Å². The number of hydrogen-bond donors (Lipinski definition) is 0. The first kappa shape index (κ1) is 19.0. The number of benzene rings is 1. The van der Waals surface area contributed by atoms with Gasteiger partial charge in [0, 0.05) is 11.6 Å². The molecule has 0 spiro atoms. The van der Waals surface area contributed by atoms with Gasteiger partial charge in [-0.2, -0.15) is 0 Å². The molecule has 1 rings (SSSR count). The van der Waals surface area contributed by atoms with Crippen LogP contribution in [0, 0.1) is 5.92 Å². The minimum atomic E-state index is -0.430. The van der Waals surface area contributed by atoms with Crippen molar-refractivity contribution in [2.45, 2.75) is 40.2 Å². The van der Waals surface area contributed by atoms with Crippen LogP contribution >= 0.6 is 0 Å². The van der Waals surface area contributed by atoms with Crippen molar-refractivity contribution in [1.82, 2.24) is 4.90 Å². The normalized spacial score (nSPS) is 10.7. The molecule has 5 heteroatoms. The van der Waals surface area contributed by atoms with Gasteiger partial charge in [-0.15, -0.1) is 0 Å². The number of nitrogens with zero attached hydrogens (tertiary/aromatic N) is 1. The summed E-state index contributed by atoms with van der Waals surface area (Å²) in [6.45, 7) is 8.62. The third-order valence-electron chi connectivity index (χ3n) is 3.48. The summed E-state index contributed by atoms with van der Waals surface area (Å²) in [7, 11) is 1.31. The van der Waals surface area contributed by atoms with E-state index in [2.05, 4.69) is 18.6 Å². The molecule has 0 saturated carbocycles. The van der Waals surface area contributed by atoms with E-state index in [0.29, 0.717) is 18.1 Å². The van der Waals surface area contributed by atoms with Crippen molar-refractivity contribution in [3.63, 3.8) is 0 Å². The predicted molar refractivity (Wildman–Crippen MR) is 89.6 cm³/mol. The van der Waals surface area contributed by atoms with Crippen molar-refractivity contribution in [2.24, 2.45) is 5.92 Å². The predicted octanol–water partition coefficient (Wildman–Crippen LogP) is 3.14. The van der Waals surface area contributed by atoms with Gasteiger partial charge in [0.25, 0.3) is 5.91 Å². The van der Waals surface area contributed by atoms with Gasteiger partial charge in [-0.3, -0.25) is 9.59 Å². The first-order valence-electron chi connectivity index (χ1n) is 7.95. The summed E-state index contributed by atoms with van der Waals surface area (Å²) in [6.07, 6.45) is 0.987. The minimum Gasteiger partial charge on any atom is -0.494 e. The number of methoxy groups -OCH3 is 1. The summed E-state index contributed by atoms with van der Waals surface area (Å²) in [4.78, 5) is 25.5. The summed E-state index contributed by atoms with van der Waals surface area (Å²) in [5.74, 6) is 0.708. The number of esters is 1. The standard InChI is InChI=1S/C18H27NO4/c1-13(2)10-11-23-16-8-6-15(7-9-16)18(21)19(14(3)4)12-17(20)22-5/h6-9,13-14H,10-12H2,1-5H3. The second-order valence-corrected chi connectivity index (χ2v) is 6.16. The van der Waals surface area contributed by atoms with Crippen LogP contribution in [0.25, 0.3) is 0 Å². The zero-order valence-electron chi connectivity index (χ0n) is 14.7. The van der Waals surface area contributed by atoms with Crippen LogP contribution in [0.2, 0.25) is 0 Å². The molecule has 0 aliphatic rings. The number of carbonyl (C=O) groups excluding carboxylic acids is 2. The van der Waals surface area contributed by atoms with Crippen molar-refractivity contribution < 1.29 is 19.1 Å². The third kappa shape index (κ3) is 6.30. The molecule has 0 aromatic heterocycles. The fraction of sp³-hybridized carbons (Fsp3) is 0.556. The number of ether oxygens (including phenoxy) is 2. The molecule has 0 radical (unpaired) electrons. The van der Waals surface area contributed by atoms with Crippen molar-refractivity contribution >= 4 is 11.9 Å². The van der Waals surface area contributed by atoms with E-state index in [4.69, 9.17) is 4.74 Å². The van der Waals surface area contributed by atoms with Crippen molar-refractivity contribution in [3.05, 3.63) is 29.8 Å². The average Bonchev–Trinajstić information content (AvgIpc) is 2.51. The van der Waals surface area contributed by atoms with E-state index in [0.717, 1.165) is 12.2 Å². The number of hydrogen-bond acceptors (Lipinski definition) is 4. The molecule has 1 aromatic carbocycles. The smallest absolute Gasteiger partial charge is 0.325 e. The minimum absolute atomic E-state index is 0.0559. The van der Waals surface area contributed by atoms with Gasteiger partial charge in [0.15, 0.2) is 0 Å². The first-order chi connectivity index (χ1) is 10.8. The molecule has 0 bridgehead atoms. The molecule has 0 aliphatic heterocycles. The fourth-order valence-corrected chi connectivity index (χ4v) is 1.96. The van der Waals surface area contributed by atoms with E-state index in [-0.39, 0.29) is 18.5 Å². The molecule has 0 fully saturated rings. The van der Waals surface area contributed by atoms with Crippen LogP contribution in [0.1, 0.15) is 44.5 Å². The van der Waals surface area contributed by atoms with Gasteiger partial charge in [-0.25, -0.2) is 0 Å². The zero-order chi connectivity index (χ0) is 17.4. The molecule has 0 heterocycles. The van der Waals surface area contributed by atoms with Crippen LogP contribution in [0.5, 0.6) is 5.75 Å². The molecule has 23 heavy (non-hydrogen) atoms. The Labute approximate surface area is 138 Å². The Kier molecular flexibility index (Phi) is 7.59. The van der Waals surface area contributed by atoms with Crippen LogP contribution in [0.15, 0.2) is 24.3 Å². The maximum absolute atomic E-state index is 12.5. The summed E-state index contributed by atoms with van der Waals surface area (Å²) < 4.78 is 10.3. The molecule has 0 saturated heterocycles. The Hall–Kier alpha value is -2.04. The molecule has 128 valence electrons. The lowest BCUT2D eigenvalue weighted by Crippen LogP contribution is -2.41. The van der Waals surface area contributed by atoms with Crippen molar-refractivity contribution in [3.8, 4) is 5.75 Å². The maximum atomic E-state index is 12.5. The monoisotopic (exact) mass is 321 g/mol. The number of carbonyl (C=O) groups is 2. The highest BCUT2D eigenvalue weighted by molar-refractivity contribution is 5.96. The van der Waals surface area contributed by atoms with Crippen LogP contribution in [-0.4, -0.2) is 43.1 Å². The zero-order valence-corrected chi connectivity index (χ0v) is 14.7. The molecule has 1 amide bonds. The van der Waals surface area contributed by atoms with Gasteiger partial charge in [0.2, 0.25) is 0 Å². The highest BCUT2D eigenvalue weighted by Gasteiger charge is 2.21. The molecular weight excluding hydrogens is 294 g/mol. The Morgan fingerprint density at radius 2 is 1.70 bits per heavy atom. The lowest BCUT2D eigenvalue weighted by Gasteiger charge is -2.25. The highest BCUT2D eigenvalue weighted by atomic mass is 16.5. The first-order valence-corrected chi connectivity index (χ1v) is 7.95. The van der Waals surface area contributed by atoms with E-state index >= 15 is 0 Å². The van der Waals surface area contributed by atoms with Gasteiger partial charge in [-0.05, 0) is 50.5 Å². The molecule has 0 N–H and O–H groups in total. The Morgan fingerprint density at radius 3 is 2.17 bits per heavy atom. The highest BCUT2D eigenvalue weighted by Crippen LogP contribution is 2.16. The van der Waals surface area contributed by atoms with Crippen LogP contribution in [0.3, 0.4) is 0 Å². The van der Waals surface area contributed by atoms with Gasteiger partial charge >= 0.3 is 5.97 Å². The largest absolute Gasteiger partial charge is 0.494 e. The van der Waals surface area contributed by atoms with Gasteiger partial charge in [0.1, 0.15) is 12.3 Å². The molecule has 1 aromatic rings. The van der Waals surface area contributed by atoms with E-state index in [1.54, 1.807) is 24.3 Å². The van der Waals surface area contributed by atoms with E-state index < -0.39 is 5.97 Å². The number of rotatable bonds is 8. The molecule has 0 aliphatic carbocycles. The topological polar surface area (TPSA) is 55.8 Å². The Bertz CT molecular complexity index is 508. The van der Waals surface area contributed by atoms with Gasteiger partial charge in [0.05, 0.1) is 13.7 Å². The summed E-state index contributed by atoms with van der Waals surface area (Å²) >= 11 is 0. The lowest BCUT2D eigenvalue weighted by molar-refractivity contribution is -0.141. The Morgan fingerprint density at radius 1 is 1.09 bits per heavy atom. The second-order valence-electron chi connectivity index (χ2n) is 6.16. The molecule has 5 nitrogen and oxygen atoms in total. The van der Waals surface area contributed by atoms with Gasteiger partial charge in [-0.1, -0.05) is 13.8 Å². The molecule has 0 atom stereocenters. The fourth-order valence-electron chi connectivity index (χ4n) is 1.96. The maximum Gasteiger partial charge on any atom is 0.325 e. The van der Waals surface area contributed by atoms with E-state index in [1.807, 2.05) is 13.8 Å². The summed E-state index contributed by atoms with van der Waals surface area (Å²) in [5.41, 5.74) is 0.527. The summed E-state index contributed by atoms with van der Waals surface area (Å²) in [6, 6.07) is 6.91. The lowest BCUT2D eigenvalue weighted by atomic mass is 10.1. The second kappa shape index (κ2) is 9.18. The van der Waals surface area contributed by atoms with Crippen molar-refractivity contribution in [1.29, 1.82) is 0 Å². The van der Waals surface area contributed by atoms with Crippen LogP contribution < -0.4 is 4.74 Å². The number of amides is 1. The SMILES string of the molecule is COC(=O)CN(C(=O)c1ccc(OCCC(C)C)cc1)C(C)C. The van der Waals surface area contributed by atoms with Crippen LogP contribution in [0.4, 0.5) is 0 Å².